The van der Waals surface area contributed by atoms with E-state index in [9.17, 15) is 8.78 Å². The van der Waals surface area contributed by atoms with E-state index in [-0.39, 0.29) is 0 Å². The molecule has 1 aliphatic rings. The molecule has 1 aliphatic heterocycles. The first-order valence-electron chi connectivity index (χ1n) is 6.48. The summed E-state index contributed by atoms with van der Waals surface area (Å²) in [7, 11) is 0. The number of nitrogens with one attached hydrogen (secondary N) is 1. The van der Waals surface area contributed by atoms with Crippen LogP contribution in [0.3, 0.4) is 0 Å². The molecule has 1 saturated heterocycles. The molecule has 20 heavy (non-hydrogen) atoms. The fraction of sp³-hybridized carbons (Fsp3) is 0.357. The molecule has 0 saturated carbocycles. The van der Waals surface area contributed by atoms with Gasteiger partial charge in [0.1, 0.15) is 11.6 Å². The summed E-state index contributed by atoms with van der Waals surface area (Å²) in [6, 6.07) is 2.20. The summed E-state index contributed by atoms with van der Waals surface area (Å²) in [6.45, 7) is 5.09. The Morgan fingerprint density at radius 1 is 1.25 bits per heavy atom. The van der Waals surface area contributed by atoms with Crippen LogP contribution < -0.4 is 10.2 Å². The number of hydrogen-bond acceptors (Lipinski definition) is 3. The molecule has 1 N–H and O–H groups in total. The molecule has 1 aromatic heterocycles. The van der Waals surface area contributed by atoms with Crippen molar-refractivity contribution in [1.29, 1.82) is 0 Å². The van der Waals surface area contributed by atoms with E-state index in [4.69, 9.17) is 0 Å². The maximum atomic E-state index is 14.2. The number of anilines is 1. The average molecular weight is 342 g/mol. The van der Waals surface area contributed by atoms with Gasteiger partial charge in [0.05, 0.1) is 26.8 Å². The molecule has 3 rings (SSSR count). The zero-order valence-electron chi connectivity index (χ0n) is 11.0. The summed E-state index contributed by atoms with van der Waals surface area (Å²) < 4.78 is 28.4. The molecule has 0 bridgehead atoms. The van der Waals surface area contributed by atoms with Gasteiger partial charge in [-0.1, -0.05) is 0 Å². The Kier molecular flexibility index (Phi) is 3.60. The van der Waals surface area contributed by atoms with Crippen LogP contribution in [0.5, 0.6) is 0 Å². The van der Waals surface area contributed by atoms with Crippen molar-refractivity contribution in [2.24, 2.45) is 0 Å². The standard InChI is InChI=1S/C14H14BrF2N3/c1-8-13(15)14(20-4-2-18-3-5-20)12-10(17)6-9(16)7-11(12)19-8/h6-7,18H,2-5H2,1H3. The highest BCUT2D eigenvalue weighted by Gasteiger charge is 2.21. The van der Waals surface area contributed by atoms with Crippen LogP contribution in [0.1, 0.15) is 5.69 Å². The number of nitrogens with zero attached hydrogens (tertiary/aromatic N) is 2. The number of aromatic nitrogens is 1. The molecule has 0 unspecified atom stereocenters. The molecular weight excluding hydrogens is 328 g/mol. The molecule has 6 heteroatoms. The number of pyridine rings is 1. The lowest BCUT2D eigenvalue weighted by Crippen LogP contribution is -2.43. The van der Waals surface area contributed by atoms with Crippen LogP contribution in [0, 0.1) is 18.6 Å². The average Bonchev–Trinajstić information content (AvgIpc) is 2.42. The van der Waals surface area contributed by atoms with Gasteiger partial charge in [0.25, 0.3) is 0 Å². The summed E-state index contributed by atoms with van der Waals surface area (Å²) >= 11 is 3.50. The van der Waals surface area contributed by atoms with Crippen molar-refractivity contribution < 1.29 is 8.78 Å². The molecule has 106 valence electrons. The summed E-state index contributed by atoms with van der Waals surface area (Å²) in [6.07, 6.45) is 0. The Labute approximate surface area is 124 Å². The Hall–Kier alpha value is -1.27. The van der Waals surface area contributed by atoms with Crippen molar-refractivity contribution in [3.63, 3.8) is 0 Å². The maximum Gasteiger partial charge on any atom is 0.137 e. The minimum Gasteiger partial charge on any atom is -0.367 e. The molecule has 0 radical (unpaired) electrons. The van der Waals surface area contributed by atoms with Crippen molar-refractivity contribution in [3.8, 4) is 0 Å². The number of piperazine rings is 1. The predicted molar refractivity (Wildman–Crippen MR) is 79.2 cm³/mol. The second-order valence-corrected chi connectivity index (χ2v) is 5.67. The first-order valence-corrected chi connectivity index (χ1v) is 7.28. The van der Waals surface area contributed by atoms with Crippen LogP contribution in [0.2, 0.25) is 0 Å². The minimum atomic E-state index is -0.601. The fourth-order valence-corrected chi connectivity index (χ4v) is 3.12. The maximum absolute atomic E-state index is 14.2. The number of fused-ring (bicyclic) bond motifs is 1. The second-order valence-electron chi connectivity index (χ2n) is 4.88. The van der Waals surface area contributed by atoms with Gasteiger partial charge >= 0.3 is 0 Å². The van der Waals surface area contributed by atoms with Crippen molar-refractivity contribution >= 4 is 32.5 Å². The molecule has 0 spiro atoms. The number of halogens is 3. The van der Waals surface area contributed by atoms with Gasteiger partial charge in [0.15, 0.2) is 0 Å². The largest absolute Gasteiger partial charge is 0.367 e. The molecule has 3 nitrogen and oxygen atoms in total. The quantitative estimate of drug-likeness (QED) is 0.864. The first kappa shape index (κ1) is 13.7. The van der Waals surface area contributed by atoms with E-state index in [1.165, 1.54) is 6.07 Å². The van der Waals surface area contributed by atoms with E-state index in [1.54, 1.807) is 0 Å². The van der Waals surface area contributed by atoms with Crippen molar-refractivity contribution in [3.05, 3.63) is 33.9 Å². The van der Waals surface area contributed by atoms with Gasteiger partial charge in [-0.3, -0.25) is 4.98 Å². The Morgan fingerprint density at radius 2 is 1.95 bits per heavy atom. The molecule has 2 aromatic rings. The Bertz CT molecular complexity index is 669. The van der Waals surface area contributed by atoms with Gasteiger partial charge in [0, 0.05) is 38.3 Å². The van der Waals surface area contributed by atoms with Gasteiger partial charge < -0.3 is 10.2 Å². The smallest absolute Gasteiger partial charge is 0.137 e. The molecule has 2 heterocycles. The van der Waals surface area contributed by atoms with E-state index < -0.39 is 11.6 Å². The zero-order valence-corrected chi connectivity index (χ0v) is 12.6. The molecular formula is C14H14BrF2N3. The highest BCUT2D eigenvalue weighted by atomic mass is 79.9. The SMILES string of the molecule is Cc1nc2cc(F)cc(F)c2c(N2CCNCC2)c1Br. The van der Waals surface area contributed by atoms with Crippen LogP contribution in [0.25, 0.3) is 10.9 Å². The van der Waals surface area contributed by atoms with E-state index in [1.807, 2.05) is 6.92 Å². The van der Waals surface area contributed by atoms with Crippen LogP contribution in [-0.2, 0) is 0 Å². The predicted octanol–water partition coefficient (Wildman–Crippen LogP) is 2.99. The first-order chi connectivity index (χ1) is 9.58. The zero-order chi connectivity index (χ0) is 14.3. The molecule has 1 aromatic carbocycles. The normalized spacial score (nSPS) is 15.9. The molecule has 1 fully saturated rings. The summed E-state index contributed by atoms with van der Waals surface area (Å²) in [5.74, 6) is -1.17. The number of benzene rings is 1. The molecule has 0 aliphatic carbocycles. The molecule has 0 amide bonds. The lowest BCUT2D eigenvalue weighted by molar-refractivity contribution is 0.582. The van der Waals surface area contributed by atoms with Crippen LogP contribution in [-0.4, -0.2) is 31.2 Å². The second kappa shape index (κ2) is 5.26. The van der Waals surface area contributed by atoms with Gasteiger partial charge in [0.2, 0.25) is 0 Å². The van der Waals surface area contributed by atoms with E-state index in [2.05, 4.69) is 31.1 Å². The van der Waals surface area contributed by atoms with Crippen molar-refractivity contribution in [1.82, 2.24) is 10.3 Å². The third kappa shape index (κ3) is 2.27. The van der Waals surface area contributed by atoms with E-state index in [0.717, 1.165) is 48.1 Å². The topological polar surface area (TPSA) is 28.2 Å². The van der Waals surface area contributed by atoms with Crippen LogP contribution in [0.15, 0.2) is 16.6 Å². The van der Waals surface area contributed by atoms with Gasteiger partial charge in [-0.25, -0.2) is 8.78 Å². The fourth-order valence-electron chi connectivity index (χ4n) is 2.58. The third-order valence-corrected chi connectivity index (χ3v) is 4.47. The van der Waals surface area contributed by atoms with Crippen LogP contribution in [0.4, 0.5) is 14.5 Å². The summed E-state index contributed by atoms with van der Waals surface area (Å²) in [4.78, 5) is 6.39. The summed E-state index contributed by atoms with van der Waals surface area (Å²) in [5, 5.41) is 3.64. The van der Waals surface area contributed by atoms with Crippen LogP contribution >= 0.6 is 15.9 Å². The van der Waals surface area contributed by atoms with Crippen molar-refractivity contribution in [2.75, 3.05) is 31.1 Å². The summed E-state index contributed by atoms with van der Waals surface area (Å²) in [5.41, 5.74) is 1.86. The monoisotopic (exact) mass is 341 g/mol. The molecule has 0 atom stereocenters. The highest BCUT2D eigenvalue weighted by Crippen LogP contribution is 2.37. The van der Waals surface area contributed by atoms with Gasteiger partial charge in [-0.2, -0.15) is 0 Å². The van der Waals surface area contributed by atoms with E-state index >= 15 is 0 Å². The Balaban J connectivity index is 2.29. The number of rotatable bonds is 1. The third-order valence-electron chi connectivity index (χ3n) is 3.52. The lowest BCUT2D eigenvalue weighted by atomic mass is 10.1. The van der Waals surface area contributed by atoms with E-state index in [0.29, 0.717) is 10.9 Å². The number of hydrogen-bond donors (Lipinski definition) is 1. The lowest BCUT2D eigenvalue weighted by Gasteiger charge is -2.31. The van der Waals surface area contributed by atoms with Gasteiger partial charge in [-0.05, 0) is 22.9 Å². The Morgan fingerprint density at radius 3 is 2.65 bits per heavy atom. The van der Waals surface area contributed by atoms with Crippen molar-refractivity contribution in [2.45, 2.75) is 6.92 Å². The number of aryl methyl sites for hydroxylation is 1. The minimum absolute atomic E-state index is 0.358. The van der Waals surface area contributed by atoms with Gasteiger partial charge in [-0.15, -0.1) is 0 Å². The highest BCUT2D eigenvalue weighted by molar-refractivity contribution is 9.10.